The first-order chi connectivity index (χ1) is 13.7. The summed E-state index contributed by atoms with van der Waals surface area (Å²) in [6.07, 6.45) is 6.10. The van der Waals surface area contributed by atoms with E-state index < -0.39 is 0 Å². The van der Waals surface area contributed by atoms with Crippen LogP contribution in [0, 0.1) is 5.92 Å². The maximum Gasteiger partial charge on any atom is 0.234 e. The highest BCUT2D eigenvalue weighted by Gasteiger charge is 2.34. The van der Waals surface area contributed by atoms with Crippen molar-refractivity contribution < 1.29 is 9.53 Å². The molecule has 2 aliphatic rings. The molecule has 2 N–H and O–H groups in total. The van der Waals surface area contributed by atoms with Crippen molar-refractivity contribution in [2.75, 3.05) is 33.3 Å². The first kappa shape index (κ1) is 19.0. The number of amides is 1. The van der Waals surface area contributed by atoms with E-state index in [0.29, 0.717) is 12.5 Å². The average Bonchev–Trinajstić information content (AvgIpc) is 3.47. The van der Waals surface area contributed by atoms with Crippen molar-refractivity contribution in [3.63, 3.8) is 0 Å². The molecule has 4 rings (SSSR count). The van der Waals surface area contributed by atoms with Gasteiger partial charge in [0.15, 0.2) is 0 Å². The SMILES string of the molecule is COc1ccc(C(NC(=O)CN2CCNCC2c2nccn2C)C2CC2)cc1. The third-order valence-corrected chi connectivity index (χ3v) is 5.74. The lowest BCUT2D eigenvalue weighted by Crippen LogP contribution is -2.50. The van der Waals surface area contributed by atoms with Crippen LogP contribution < -0.4 is 15.4 Å². The first-order valence-electron chi connectivity index (χ1n) is 10.0. The van der Waals surface area contributed by atoms with Gasteiger partial charge < -0.3 is 19.9 Å². The summed E-state index contributed by atoms with van der Waals surface area (Å²) < 4.78 is 7.29. The van der Waals surface area contributed by atoms with Gasteiger partial charge in [0.1, 0.15) is 11.6 Å². The number of imidazole rings is 1. The van der Waals surface area contributed by atoms with Crippen molar-refractivity contribution in [2.45, 2.75) is 24.9 Å². The number of aryl methyl sites for hydroxylation is 1. The lowest BCUT2D eigenvalue weighted by molar-refractivity contribution is -0.124. The minimum absolute atomic E-state index is 0.0768. The molecule has 2 unspecified atom stereocenters. The Morgan fingerprint density at radius 3 is 2.79 bits per heavy atom. The summed E-state index contributed by atoms with van der Waals surface area (Å²) in [5.74, 6) is 2.44. The van der Waals surface area contributed by atoms with E-state index in [1.54, 1.807) is 7.11 Å². The summed E-state index contributed by atoms with van der Waals surface area (Å²) in [6, 6.07) is 8.23. The molecule has 7 nitrogen and oxygen atoms in total. The van der Waals surface area contributed by atoms with Crippen molar-refractivity contribution in [2.24, 2.45) is 13.0 Å². The standard InChI is InChI=1S/C21H29N5O2/c1-25-11-10-23-21(25)18-13-22-9-12-26(18)14-19(27)24-20(15-3-4-15)16-5-7-17(28-2)8-6-16/h5-8,10-11,15,18,20,22H,3-4,9,12-14H2,1-2H3,(H,24,27). The highest BCUT2D eigenvalue weighted by Crippen LogP contribution is 2.41. The number of piperazine rings is 1. The van der Waals surface area contributed by atoms with Crippen LogP contribution in [0.2, 0.25) is 0 Å². The number of ether oxygens (including phenoxy) is 1. The minimum atomic E-state index is 0.0768. The van der Waals surface area contributed by atoms with E-state index >= 15 is 0 Å². The number of methoxy groups -OCH3 is 1. The van der Waals surface area contributed by atoms with Gasteiger partial charge in [0.25, 0.3) is 0 Å². The molecular formula is C21H29N5O2. The van der Waals surface area contributed by atoms with E-state index in [2.05, 4.69) is 32.7 Å². The Labute approximate surface area is 166 Å². The number of carbonyl (C=O) groups excluding carboxylic acids is 1. The molecule has 2 atom stereocenters. The Morgan fingerprint density at radius 1 is 1.36 bits per heavy atom. The molecule has 7 heteroatoms. The van der Waals surface area contributed by atoms with Gasteiger partial charge in [-0.05, 0) is 36.5 Å². The highest BCUT2D eigenvalue weighted by atomic mass is 16.5. The van der Waals surface area contributed by atoms with E-state index in [1.165, 1.54) is 12.8 Å². The number of carbonyl (C=O) groups is 1. The second-order valence-electron chi connectivity index (χ2n) is 7.74. The number of benzene rings is 1. The van der Waals surface area contributed by atoms with Crippen LogP contribution in [0.4, 0.5) is 0 Å². The molecule has 1 aromatic carbocycles. The summed E-state index contributed by atoms with van der Waals surface area (Å²) >= 11 is 0. The smallest absolute Gasteiger partial charge is 0.234 e. The summed E-state index contributed by atoms with van der Waals surface area (Å²) in [7, 11) is 3.67. The number of rotatable bonds is 7. The molecule has 0 radical (unpaired) electrons. The van der Waals surface area contributed by atoms with Gasteiger partial charge in [-0.15, -0.1) is 0 Å². The maximum absolute atomic E-state index is 12.9. The van der Waals surface area contributed by atoms with Gasteiger partial charge in [-0.1, -0.05) is 12.1 Å². The monoisotopic (exact) mass is 383 g/mol. The molecule has 0 bridgehead atoms. The van der Waals surface area contributed by atoms with Crippen LogP contribution in [0.15, 0.2) is 36.7 Å². The Kier molecular flexibility index (Phi) is 5.64. The summed E-state index contributed by atoms with van der Waals surface area (Å²) in [6.45, 7) is 2.92. The summed E-state index contributed by atoms with van der Waals surface area (Å²) in [5, 5.41) is 6.71. The Morgan fingerprint density at radius 2 is 2.14 bits per heavy atom. The normalized spacial score (nSPS) is 21.3. The molecule has 150 valence electrons. The van der Waals surface area contributed by atoms with Gasteiger partial charge in [-0.3, -0.25) is 9.69 Å². The van der Waals surface area contributed by atoms with Crippen LogP contribution in [0.25, 0.3) is 0 Å². The van der Waals surface area contributed by atoms with Crippen LogP contribution >= 0.6 is 0 Å². The maximum atomic E-state index is 12.9. The van der Waals surface area contributed by atoms with Crippen LogP contribution in [-0.2, 0) is 11.8 Å². The second kappa shape index (κ2) is 8.32. The Hall–Kier alpha value is -2.38. The number of hydrogen-bond donors (Lipinski definition) is 2. The van der Waals surface area contributed by atoms with Crippen molar-refractivity contribution >= 4 is 5.91 Å². The number of aromatic nitrogens is 2. The minimum Gasteiger partial charge on any atom is -0.497 e. The zero-order chi connectivity index (χ0) is 19.5. The lowest BCUT2D eigenvalue weighted by atomic mass is 10.0. The number of hydrogen-bond acceptors (Lipinski definition) is 5. The molecule has 2 aromatic rings. The molecule has 1 saturated heterocycles. The summed E-state index contributed by atoms with van der Waals surface area (Å²) in [5.41, 5.74) is 1.15. The van der Waals surface area contributed by atoms with E-state index in [4.69, 9.17) is 4.74 Å². The van der Waals surface area contributed by atoms with Crippen LogP contribution in [0.5, 0.6) is 5.75 Å². The van der Waals surface area contributed by atoms with Gasteiger partial charge in [-0.25, -0.2) is 4.98 Å². The van der Waals surface area contributed by atoms with Gasteiger partial charge in [0, 0.05) is 39.1 Å². The predicted molar refractivity (Wildman–Crippen MR) is 107 cm³/mol. The topological polar surface area (TPSA) is 71.4 Å². The van der Waals surface area contributed by atoms with E-state index in [1.807, 2.05) is 36.1 Å². The van der Waals surface area contributed by atoms with Gasteiger partial charge >= 0.3 is 0 Å². The first-order valence-corrected chi connectivity index (χ1v) is 10.0. The summed E-state index contributed by atoms with van der Waals surface area (Å²) in [4.78, 5) is 19.7. The van der Waals surface area contributed by atoms with Gasteiger partial charge in [0.2, 0.25) is 5.91 Å². The largest absolute Gasteiger partial charge is 0.497 e. The van der Waals surface area contributed by atoms with E-state index in [-0.39, 0.29) is 18.0 Å². The Bertz CT molecular complexity index is 799. The van der Waals surface area contributed by atoms with Crippen molar-refractivity contribution in [1.82, 2.24) is 25.1 Å². The third-order valence-electron chi connectivity index (χ3n) is 5.74. The van der Waals surface area contributed by atoms with Crippen LogP contribution in [0.1, 0.15) is 36.3 Å². The van der Waals surface area contributed by atoms with Gasteiger partial charge in [-0.2, -0.15) is 0 Å². The molecule has 1 aliphatic carbocycles. The van der Waals surface area contributed by atoms with E-state index in [9.17, 15) is 4.79 Å². The second-order valence-corrected chi connectivity index (χ2v) is 7.74. The van der Waals surface area contributed by atoms with Gasteiger partial charge in [0.05, 0.1) is 25.7 Å². The average molecular weight is 383 g/mol. The lowest BCUT2D eigenvalue weighted by Gasteiger charge is -2.35. The number of nitrogens with one attached hydrogen (secondary N) is 2. The molecular weight excluding hydrogens is 354 g/mol. The molecule has 1 aliphatic heterocycles. The van der Waals surface area contributed by atoms with Crippen molar-refractivity contribution in [3.8, 4) is 5.75 Å². The molecule has 2 heterocycles. The van der Waals surface area contributed by atoms with Crippen molar-refractivity contribution in [1.29, 1.82) is 0 Å². The fourth-order valence-electron chi connectivity index (χ4n) is 4.01. The fraction of sp³-hybridized carbons (Fsp3) is 0.524. The molecule has 1 amide bonds. The third kappa shape index (κ3) is 4.20. The highest BCUT2D eigenvalue weighted by molar-refractivity contribution is 5.78. The Balaban J connectivity index is 1.43. The van der Waals surface area contributed by atoms with Crippen LogP contribution in [-0.4, -0.2) is 53.6 Å². The van der Waals surface area contributed by atoms with E-state index in [0.717, 1.165) is 36.8 Å². The predicted octanol–water partition coefficient (Wildman–Crippen LogP) is 1.64. The number of nitrogens with zero attached hydrogens (tertiary/aromatic N) is 3. The quantitative estimate of drug-likeness (QED) is 0.761. The molecule has 1 saturated carbocycles. The molecule has 1 aromatic heterocycles. The van der Waals surface area contributed by atoms with Crippen LogP contribution in [0.3, 0.4) is 0 Å². The zero-order valence-electron chi connectivity index (χ0n) is 16.6. The zero-order valence-corrected chi connectivity index (χ0v) is 16.6. The molecule has 0 spiro atoms. The van der Waals surface area contributed by atoms with Crippen molar-refractivity contribution in [3.05, 3.63) is 48.0 Å². The fourth-order valence-corrected chi connectivity index (χ4v) is 4.01. The molecule has 2 fully saturated rings. The molecule has 28 heavy (non-hydrogen) atoms.